The van der Waals surface area contributed by atoms with E-state index in [0.717, 1.165) is 30.4 Å². The third-order valence-corrected chi connectivity index (χ3v) is 5.57. The maximum absolute atomic E-state index is 13.2. The monoisotopic (exact) mass is 436 g/mol. The quantitative estimate of drug-likeness (QED) is 0.794. The number of nitrogens with one attached hydrogen (secondary N) is 1. The Labute approximate surface area is 177 Å². The molecule has 1 aromatic carbocycles. The van der Waals surface area contributed by atoms with Gasteiger partial charge in [-0.15, -0.1) is 0 Å². The number of anilines is 2. The van der Waals surface area contributed by atoms with E-state index in [9.17, 15) is 18.0 Å². The molecule has 4 rings (SSSR count). The van der Waals surface area contributed by atoms with Crippen LogP contribution in [0.5, 0.6) is 5.75 Å². The van der Waals surface area contributed by atoms with Crippen molar-refractivity contribution in [2.24, 2.45) is 5.92 Å². The van der Waals surface area contributed by atoms with Gasteiger partial charge in [-0.1, -0.05) is 0 Å². The summed E-state index contributed by atoms with van der Waals surface area (Å²) in [5.41, 5.74) is 0.979. The minimum Gasteiger partial charge on any atom is -0.496 e. The van der Waals surface area contributed by atoms with Crippen molar-refractivity contribution < 1.29 is 27.4 Å². The molecule has 2 heterocycles. The van der Waals surface area contributed by atoms with Crippen molar-refractivity contribution in [2.75, 3.05) is 43.6 Å². The summed E-state index contributed by atoms with van der Waals surface area (Å²) in [6.07, 6.45) is -1.19. The van der Waals surface area contributed by atoms with Crippen LogP contribution in [0.2, 0.25) is 0 Å². The summed E-state index contributed by atoms with van der Waals surface area (Å²) in [6, 6.07) is 3.50. The van der Waals surface area contributed by atoms with Crippen LogP contribution >= 0.6 is 0 Å². The lowest BCUT2D eigenvalue weighted by atomic mass is 9.86. The lowest BCUT2D eigenvalue weighted by Crippen LogP contribution is -2.38. The molecule has 0 unspecified atom stereocenters. The highest BCUT2D eigenvalue weighted by molar-refractivity contribution is 5.93. The maximum atomic E-state index is 13.2. The summed E-state index contributed by atoms with van der Waals surface area (Å²) in [5.74, 6) is -0.295. The zero-order valence-corrected chi connectivity index (χ0v) is 17.0. The van der Waals surface area contributed by atoms with E-state index >= 15 is 0 Å². The second-order valence-electron chi connectivity index (χ2n) is 7.58. The van der Waals surface area contributed by atoms with E-state index in [-0.39, 0.29) is 23.3 Å². The average Bonchev–Trinajstić information content (AvgIpc) is 2.78. The SMILES string of the molecule is COc1ccc(NC(=O)[C@@H]2CCc3nc(N4CCOCC4)ncc3C2)cc1C(F)(F)F. The number of aromatic nitrogens is 2. The molecular weight excluding hydrogens is 413 g/mol. The molecule has 10 heteroatoms. The lowest BCUT2D eigenvalue weighted by Gasteiger charge is -2.28. The van der Waals surface area contributed by atoms with E-state index in [1.807, 2.05) is 0 Å². The number of alkyl halides is 3. The molecule has 2 aromatic rings. The Kier molecular flexibility index (Phi) is 5.99. The summed E-state index contributed by atoms with van der Waals surface area (Å²) in [4.78, 5) is 23.9. The molecule has 1 fully saturated rings. The molecule has 31 heavy (non-hydrogen) atoms. The van der Waals surface area contributed by atoms with Gasteiger partial charge in [-0.25, -0.2) is 9.97 Å². The number of carbonyl (C=O) groups excluding carboxylic acids is 1. The number of morpholine rings is 1. The van der Waals surface area contributed by atoms with Crippen LogP contribution in [0.25, 0.3) is 0 Å². The smallest absolute Gasteiger partial charge is 0.420 e. The summed E-state index contributed by atoms with van der Waals surface area (Å²) < 4.78 is 49.8. The first-order valence-electron chi connectivity index (χ1n) is 10.1. The van der Waals surface area contributed by atoms with Gasteiger partial charge in [0, 0.05) is 36.6 Å². The largest absolute Gasteiger partial charge is 0.496 e. The van der Waals surface area contributed by atoms with Gasteiger partial charge < -0.3 is 19.7 Å². The van der Waals surface area contributed by atoms with Gasteiger partial charge in [-0.2, -0.15) is 13.2 Å². The van der Waals surface area contributed by atoms with Gasteiger partial charge in [0.05, 0.1) is 25.9 Å². The standard InChI is InChI=1S/C21H23F3N4O3/c1-30-18-5-3-15(11-16(18)21(22,23)24)26-19(29)13-2-4-17-14(10-13)12-25-20(27-17)28-6-8-31-9-7-28/h3,5,11-13H,2,4,6-10H2,1H3,(H,26,29)/t13-/m1/s1. The number of nitrogens with zero attached hydrogens (tertiary/aromatic N) is 3. The molecule has 2 aliphatic rings. The molecule has 7 nitrogen and oxygen atoms in total. The molecule has 1 amide bonds. The summed E-state index contributed by atoms with van der Waals surface area (Å²) >= 11 is 0. The fraction of sp³-hybridized carbons (Fsp3) is 0.476. The second-order valence-corrected chi connectivity index (χ2v) is 7.58. The summed E-state index contributed by atoms with van der Waals surface area (Å²) in [5, 5.41) is 2.61. The minimum absolute atomic E-state index is 0.0860. The number of ether oxygens (including phenoxy) is 2. The van der Waals surface area contributed by atoms with Crippen LogP contribution < -0.4 is 15.0 Å². The normalized spacial score (nSPS) is 19.0. The number of rotatable bonds is 4. The van der Waals surface area contributed by atoms with Crippen molar-refractivity contribution in [3.8, 4) is 5.75 Å². The van der Waals surface area contributed by atoms with Crippen molar-refractivity contribution in [1.29, 1.82) is 0 Å². The van der Waals surface area contributed by atoms with Gasteiger partial charge >= 0.3 is 6.18 Å². The van der Waals surface area contributed by atoms with Gasteiger partial charge in [0.25, 0.3) is 0 Å². The first kappa shape index (κ1) is 21.4. The van der Waals surface area contributed by atoms with E-state index in [4.69, 9.17) is 9.47 Å². The van der Waals surface area contributed by atoms with E-state index in [2.05, 4.69) is 20.2 Å². The Bertz CT molecular complexity index is 961. The van der Waals surface area contributed by atoms with E-state index < -0.39 is 11.7 Å². The van der Waals surface area contributed by atoms with E-state index in [1.54, 1.807) is 6.20 Å². The van der Waals surface area contributed by atoms with Gasteiger partial charge in [0.1, 0.15) is 5.75 Å². The molecule has 166 valence electrons. The van der Waals surface area contributed by atoms with Crippen LogP contribution in [-0.4, -0.2) is 49.3 Å². The number of hydrogen-bond acceptors (Lipinski definition) is 6. The molecule has 1 N–H and O–H groups in total. The predicted molar refractivity (Wildman–Crippen MR) is 107 cm³/mol. The molecule has 0 spiro atoms. The molecular formula is C21H23F3N4O3. The second kappa shape index (κ2) is 8.70. The molecule has 1 aliphatic heterocycles. The molecule has 1 saturated heterocycles. The highest BCUT2D eigenvalue weighted by Crippen LogP contribution is 2.38. The average molecular weight is 436 g/mol. The molecule has 1 aromatic heterocycles. The zero-order valence-electron chi connectivity index (χ0n) is 17.0. The summed E-state index contributed by atoms with van der Waals surface area (Å²) in [7, 11) is 1.18. The van der Waals surface area contributed by atoms with Crippen molar-refractivity contribution in [3.63, 3.8) is 0 Å². The van der Waals surface area contributed by atoms with Gasteiger partial charge in [-0.05, 0) is 43.0 Å². The Morgan fingerprint density at radius 3 is 2.77 bits per heavy atom. The number of methoxy groups -OCH3 is 1. The Morgan fingerprint density at radius 1 is 1.29 bits per heavy atom. The molecule has 1 atom stereocenters. The van der Waals surface area contributed by atoms with Crippen LogP contribution in [-0.2, 0) is 28.5 Å². The topological polar surface area (TPSA) is 76.6 Å². The molecule has 0 bridgehead atoms. The van der Waals surface area contributed by atoms with Crippen LogP contribution in [0.15, 0.2) is 24.4 Å². The Balaban J connectivity index is 1.44. The fourth-order valence-electron chi connectivity index (χ4n) is 3.89. The third kappa shape index (κ3) is 4.73. The van der Waals surface area contributed by atoms with Crippen molar-refractivity contribution in [2.45, 2.75) is 25.4 Å². The van der Waals surface area contributed by atoms with Gasteiger partial charge in [0.2, 0.25) is 11.9 Å². The molecule has 0 saturated carbocycles. The number of aryl methyl sites for hydroxylation is 1. The Morgan fingerprint density at radius 2 is 2.06 bits per heavy atom. The number of hydrogen-bond donors (Lipinski definition) is 1. The van der Waals surface area contributed by atoms with Crippen molar-refractivity contribution in [1.82, 2.24) is 9.97 Å². The lowest BCUT2D eigenvalue weighted by molar-refractivity contribution is -0.138. The van der Waals surface area contributed by atoms with Crippen LogP contribution in [0.1, 0.15) is 23.2 Å². The highest BCUT2D eigenvalue weighted by Gasteiger charge is 2.35. The predicted octanol–water partition coefficient (Wildman–Crippen LogP) is 3.08. The highest BCUT2D eigenvalue weighted by atomic mass is 19.4. The first-order chi connectivity index (χ1) is 14.8. The number of benzene rings is 1. The zero-order chi connectivity index (χ0) is 22.0. The first-order valence-corrected chi connectivity index (χ1v) is 10.1. The number of amides is 1. The Hall–Kier alpha value is -2.88. The summed E-state index contributed by atoms with van der Waals surface area (Å²) in [6.45, 7) is 2.77. The fourth-order valence-corrected chi connectivity index (χ4v) is 3.89. The van der Waals surface area contributed by atoms with Crippen LogP contribution in [0.3, 0.4) is 0 Å². The number of fused-ring (bicyclic) bond motifs is 1. The third-order valence-electron chi connectivity index (χ3n) is 5.57. The van der Waals surface area contributed by atoms with Gasteiger partial charge in [0.15, 0.2) is 0 Å². The van der Waals surface area contributed by atoms with Crippen LogP contribution in [0.4, 0.5) is 24.8 Å². The number of halogens is 3. The van der Waals surface area contributed by atoms with Gasteiger partial charge in [-0.3, -0.25) is 4.79 Å². The molecule has 1 aliphatic carbocycles. The van der Waals surface area contributed by atoms with Crippen molar-refractivity contribution >= 4 is 17.5 Å². The van der Waals surface area contributed by atoms with Crippen molar-refractivity contribution in [3.05, 3.63) is 41.2 Å². The van der Waals surface area contributed by atoms with E-state index in [0.29, 0.717) is 38.4 Å². The minimum atomic E-state index is -4.58. The molecule has 0 radical (unpaired) electrons. The van der Waals surface area contributed by atoms with E-state index in [1.165, 1.54) is 19.2 Å². The number of carbonyl (C=O) groups is 1. The maximum Gasteiger partial charge on any atom is 0.420 e. The van der Waals surface area contributed by atoms with Crippen LogP contribution in [0, 0.1) is 5.92 Å².